The van der Waals surface area contributed by atoms with Crippen molar-refractivity contribution >= 4 is 0 Å². The van der Waals surface area contributed by atoms with Gasteiger partial charge >= 0.3 is 0 Å². The zero-order valence-electron chi connectivity index (χ0n) is 9.73. The Morgan fingerprint density at radius 3 is 2.38 bits per heavy atom. The van der Waals surface area contributed by atoms with E-state index < -0.39 is 5.97 Å². The van der Waals surface area contributed by atoms with Gasteiger partial charge in [-0.15, -0.1) is 0 Å². The van der Waals surface area contributed by atoms with Crippen molar-refractivity contribution in [1.29, 1.82) is 0 Å². The lowest BCUT2D eigenvalue weighted by Crippen LogP contribution is -2.43. The summed E-state index contributed by atoms with van der Waals surface area (Å²) in [6.07, 6.45) is 0. The van der Waals surface area contributed by atoms with Gasteiger partial charge in [-0.2, -0.15) is 0 Å². The van der Waals surface area contributed by atoms with Gasteiger partial charge in [0.05, 0.1) is 0 Å². The molecule has 0 N–H and O–H groups in total. The van der Waals surface area contributed by atoms with E-state index in [0.717, 1.165) is 11.3 Å². The standard InChI is InChI=1S/C12H16O4/c1-13-12(14-2,15-3)10-8-16-11-7-5-4-6-9(10)11/h4-7,10H,8H2,1-3H3. The van der Waals surface area contributed by atoms with E-state index in [1.807, 2.05) is 24.3 Å². The van der Waals surface area contributed by atoms with E-state index in [4.69, 9.17) is 18.9 Å². The minimum Gasteiger partial charge on any atom is -0.492 e. The molecule has 16 heavy (non-hydrogen) atoms. The van der Waals surface area contributed by atoms with E-state index in [-0.39, 0.29) is 5.92 Å². The van der Waals surface area contributed by atoms with Gasteiger partial charge in [-0.25, -0.2) is 0 Å². The highest BCUT2D eigenvalue weighted by atomic mass is 16.9. The monoisotopic (exact) mass is 224 g/mol. The van der Waals surface area contributed by atoms with Gasteiger partial charge in [0.1, 0.15) is 18.3 Å². The van der Waals surface area contributed by atoms with Gasteiger partial charge in [0.2, 0.25) is 0 Å². The minimum absolute atomic E-state index is 0.0799. The molecule has 4 heteroatoms. The van der Waals surface area contributed by atoms with Crippen LogP contribution in [0.25, 0.3) is 0 Å². The van der Waals surface area contributed by atoms with Crippen molar-refractivity contribution in [1.82, 2.24) is 0 Å². The molecule has 0 aliphatic carbocycles. The number of hydrogen-bond acceptors (Lipinski definition) is 4. The molecule has 2 rings (SSSR count). The predicted molar refractivity (Wildman–Crippen MR) is 58.4 cm³/mol. The highest BCUT2D eigenvalue weighted by Gasteiger charge is 2.45. The molecule has 0 radical (unpaired) electrons. The van der Waals surface area contributed by atoms with Crippen LogP contribution in [-0.2, 0) is 14.2 Å². The quantitative estimate of drug-likeness (QED) is 0.730. The third kappa shape index (κ3) is 1.59. The molecule has 1 unspecified atom stereocenters. The Kier molecular flexibility index (Phi) is 3.14. The van der Waals surface area contributed by atoms with E-state index in [9.17, 15) is 0 Å². The average molecular weight is 224 g/mol. The second-order valence-corrected chi connectivity index (χ2v) is 3.62. The van der Waals surface area contributed by atoms with Crippen molar-refractivity contribution in [2.75, 3.05) is 27.9 Å². The smallest absolute Gasteiger partial charge is 0.292 e. The Morgan fingerprint density at radius 1 is 1.12 bits per heavy atom. The molecule has 1 aromatic rings. The first-order valence-corrected chi connectivity index (χ1v) is 5.14. The summed E-state index contributed by atoms with van der Waals surface area (Å²) < 4.78 is 21.6. The van der Waals surface area contributed by atoms with Crippen molar-refractivity contribution in [3.05, 3.63) is 29.8 Å². The molecule has 1 aliphatic rings. The number of benzene rings is 1. The molecule has 1 aromatic carbocycles. The van der Waals surface area contributed by atoms with E-state index in [1.54, 1.807) is 21.3 Å². The maximum Gasteiger partial charge on any atom is 0.292 e. The highest BCUT2D eigenvalue weighted by molar-refractivity contribution is 5.40. The summed E-state index contributed by atoms with van der Waals surface area (Å²) in [6.45, 7) is 0.495. The lowest BCUT2D eigenvalue weighted by atomic mass is 9.98. The summed E-state index contributed by atoms with van der Waals surface area (Å²) in [4.78, 5) is 0. The van der Waals surface area contributed by atoms with Crippen LogP contribution in [0.4, 0.5) is 0 Å². The third-order valence-corrected chi connectivity index (χ3v) is 2.98. The molecule has 0 fully saturated rings. The summed E-state index contributed by atoms with van der Waals surface area (Å²) >= 11 is 0. The molecule has 88 valence electrons. The number of ether oxygens (including phenoxy) is 4. The third-order valence-electron chi connectivity index (χ3n) is 2.98. The van der Waals surface area contributed by atoms with Crippen LogP contribution in [0.1, 0.15) is 11.5 Å². The lowest BCUT2D eigenvalue weighted by Gasteiger charge is -2.33. The van der Waals surface area contributed by atoms with Gasteiger partial charge in [-0.05, 0) is 6.07 Å². The Balaban J connectivity index is 2.36. The van der Waals surface area contributed by atoms with Crippen LogP contribution >= 0.6 is 0 Å². The molecule has 0 aromatic heterocycles. The van der Waals surface area contributed by atoms with E-state index in [2.05, 4.69) is 0 Å². The Hall–Kier alpha value is -1.10. The largest absolute Gasteiger partial charge is 0.492 e. The molecule has 0 spiro atoms. The number of hydrogen-bond donors (Lipinski definition) is 0. The number of para-hydroxylation sites is 1. The van der Waals surface area contributed by atoms with Crippen molar-refractivity contribution in [3.8, 4) is 5.75 Å². The van der Waals surface area contributed by atoms with Crippen LogP contribution in [0.15, 0.2) is 24.3 Å². The molecular weight excluding hydrogens is 208 g/mol. The number of rotatable bonds is 4. The SMILES string of the molecule is COC(OC)(OC)C1COc2ccccc21. The Bertz CT molecular complexity index is 352. The zero-order valence-corrected chi connectivity index (χ0v) is 9.73. The number of methoxy groups -OCH3 is 3. The first-order valence-electron chi connectivity index (χ1n) is 5.14. The Labute approximate surface area is 95.1 Å². The van der Waals surface area contributed by atoms with Gasteiger partial charge in [-0.1, -0.05) is 18.2 Å². The summed E-state index contributed by atoms with van der Waals surface area (Å²) in [5.41, 5.74) is 1.05. The highest BCUT2D eigenvalue weighted by Crippen LogP contribution is 2.42. The van der Waals surface area contributed by atoms with E-state index >= 15 is 0 Å². The molecule has 1 aliphatic heterocycles. The fraction of sp³-hybridized carbons (Fsp3) is 0.500. The van der Waals surface area contributed by atoms with Crippen LogP contribution in [0, 0.1) is 0 Å². The molecule has 1 atom stereocenters. The normalized spacial score (nSPS) is 19.3. The van der Waals surface area contributed by atoms with E-state index in [1.165, 1.54) is 0 Å². The van der Waals surface area contributed by atoms with Gasteiger partial charge in [0.25, 0.3) is 5.97 Å². The van der Waals surface area contributed by atoms with Crippen LogP contribution < -0.4 is 4.74 Å². The maximum atomic E-state index is 5.58. The molecule has 4 nitrogen and oxygen atoms in total. The van der Waals surface area contributed by atoms with Crippen molar-refractivity contribution in [2.45, 2.75) is 11.9 Å². The summed E-state index contributed by atoms with van der Waals surface area (Å²) in [5.74, 6) is -0.293. The molecule has 0 amide bonds. The molecule has 0 bridgehead atoms. The fourth-order valence-electron chi connectivity index (χ4n) is 2.13. The lowest BCUT2D eigenvalue weighted by molar-refractivity contribution is -0.364. The van der Waals surface area contributed by atoms with Crippen molar-refractivity contribution < 1.29 is 18.9 Å². The average Bonchev–Trinajstić information content (AvgIpc) is 2.77. The van der Waals surface area contributed by atoms with Gasteiger partial charge in [0.15, 0.2) is 0 Å². The van der Waals surface area contributed by atoms with Crippen LogP contribution in [0.3, 0.4) is 0 Å². The summed E-state index contributed by atoms with van der Waals surface area (Å²) in [6, 6.07) is 7.83. The Morgan fingerprint density at radius 2 is 1.75 bits per heavy atom. The summed E-state index contributed by atoms with van der Waals surface area (Å²) in [7, 11) is 4.69. The minimum atomic E-state index is -1.08. The topological polar surface area (TPSA) is 36.9 Å². The van der Waals surface area contributed by atoms with Crippen molar-refractivity contribution in [2.24, 2.45) is 0 Å². The van der Waals surface area contributed by atoms with Crippen LogP contribution in [-0.4, -0.2) is 33.9 Å². The molecule has 0 saturated heterocycles. The fourth-order valence-corrected chi connectivity index (χ4v) is 2.13. The van der Waals surface area contributed by atoms with Crippen molar-refractivity contribution in [3.63, 3.8) is 0 Å². The number of fused-ring (bicyclic) bond motifs is 1. The molecular formula is C12H16O4. The predicted octanol–water partition coefficient (Wildman–Crippen LogP) is 1.76. The van der Waals surface area contributed by atoms with Crippen LogP contribution in [0.2, 0.25) is 0 Å². The van der Waals surface area contributed by atoms with Gasteiger partial charge in [0, 0.05) is 26.9 Å². The molecule has 0 saturated carbocycles. The zero-order chi connectivity index (χ0) is 11.6. The first-order chi connectivity index (χ1) is 7.77. The maximum absolute atomic E-state index is 5.58. The van der Waals surface area contributed by atoms with Gasteiger partial charge in [-0.3, -0.25) is 0 Å². The van der Waals surface area contributed by atoms with Gasteiger partial charge < -0.3 is 18.9 Å². The summed E-state index contributed by atoms with van der Waals surface area (Å²) in [5, 5.41) is 0. The molecule has 1 heterocycles. The second-order valence-electron chi connectivity index (χ2n) is 3.62. The van der Waals surface area contributed by atoms with Crippen LogP contribution in [0.5, 0.6) is 5.75 Å². The van der Waals surface area contributed by atoms with E-state index in [0.29, 0.717) is 6.61 Å². The second kappa shape index (κ2) is 4.41. The first kappa shape index (κ1) is 11.4.